The third kappa shape index (κ3) is 3.24. The summed E-state index contributed by atoms with van der Waals surface area (Å²) >= 11 is 0. The summed E-state index contributed by atoms with van der Waals surface area (Å²) in [4.78, 5) is 36.4. The monoisotopic (exact) mass is 366 g/mol. The Labute approximate surface area is 152 Å². The van der Waals surface area contributed by atoms with Gasteiger partial charge < -0.3 is 14.2 Å². The first-order valence-electron chi connectivity index (χ1n) is 8.21. The van der Waals surface area contributed by atoms with E-state index in [2.05, 4.69) is 10.2 Å². The minimum atomic E-state index is -0.798. The molecule has 136 valence electrons. The second-order valence-electron chi connectivity index (χ2n) is 5.80. The Balaban J connectivity index is 1.51. The quantitative estimate of drug-likeness (QED) is 0.553. The number of ether oxygens (including phenoxy) is 3. The number of rotatable bonds is 4. The number of H-pyrrole nitrogens is 1. The smallest absolute Gasteiger partial charge is 0.359 e. The molecule has 0 bridgehead atoms. The van der Waals surface area contributed by atoms with Gasteiger partial charge in [-0.25, -0.2) is 9.89 Å². The molecule has 1 aliphatic heterocycles. The van der Waals surface area contributed by atoms with Gasteiger partial charge in [-0.1, -0.05) is 18.2 Å². The van der Waals surface area contributed by atoms with Crippen LogP contribution in [-0.4, -0.2) is 41.8 Å². The Morgan fingerprint density at radius 2 is 1.78 bits per heavy atom. The highest BCUT2D eigenvalue weighted by Gasteiger charge is 2.19. The van der Waals surface area contributed by atoms with Crippen molar-refractivity contribution in [3.05, 3.63) is 64.1 Å². The number of benzene rings is 2. The fourth-order valence-corrected chi connectivity index (χ4v) is 2.77. The average molecular weight is 366 g/mol. The second kappa shape index (κ2) is 6.91. The molecule has 0 fully saturated rings. The minimum absolute atomic E-state index is 0.0554. The van der Waals surface area contributed by atoms with Crippen LogP contribution in [0, 0.1) is 0 Å². The van der Waals surface area contributed by atoms with Crippen molar-refractivity contribution in [2.75, 3.05) is 19.8 Å². The molecule has 0 spiro atoms. The van der Waals surface area contributed by atoms with Crippen molar-refractivity contribution in [1.29, 1.82) is 0 Å². The van der Waals surface area contributed by atoms with Crippen molar-refractivity contribution < 1.29 is 23.8 Å². The molecule has 1 N–H and O–H groups in total. The lowest BCUT2D eigenvalue weighted by atomic mass is 10.1. The van der Waals surface area contributed by atoms with Gasteiger partial charge in [-0.2, -0.15) is 5.10 Å². The Kier molecular flexibility index (Phi) is 4.29. The third-order valence-electron chi connectivity index (χ3n) is 4.09. The molecule has 8 heteroatoms. The minimum Gasteiger partial charge on any atom is -0.486 e. The van der Waals surface area contributed by atoms with Gasteiger partial charge in [0, 0.05) is 10.9 Å². The Bertz CT molecular complexity index is 1100. The summed E-state index contributed by atoms with van der Waals surface area (Å²) in [6, 6.07) is 11.3. The van der Waals surface area contributed by atoms with Gasteiger partial charge in [-0.15, -0.1) is 0 Å². The van der Waals surface area contributed by atoms with E-state index in [0.717, 1.165) is 0 Å². The number of hydrogen-bond donors (Lipinski definition) is 1. The number of fused-ring (bicyclic) bond motifs is 2. The second-order valence-corrected chi connectivity index (χ2v) is 5.80. The van der Waals surface area contributed by atoms with E-state index in [1.54, 1.807) is 42.5 Å². The van der Waals surface area contributed by atoms with Crippen LogP contribution in [0.2, 0.25) is 0 Å². The van der Waals surface area contributed by atoms with Crippen LogP contribution < -0.4 is 15.0 Å². The topological polar surface area (TPSA) is 108 Å². The number of Topliss-reactive ketones (excluding diaryl/α,β-unsaturated/α-hetero) is 1. The predicted octanol–water partition coefficient (Wildman–Crippen LogP) is 1.73. The highest BCUT2D eigenvalue weighted by atomic mass is 16.6. The molecule has 27 heavy (non-hydrogen) atoms. The third-order valence-corrected chi connectivity index (χ3v) is 4.09. The molecule has 2 aromatic carbocycles. The van der Waals surface area contributed by atoms with Crippen LogP contribution in [0.4, 0.5) is 0 Å². The zero-order valence-electron chi connectivity index (χ0n) is 14.1. The van der Waals surface area contributed by atoms with Crippen LogP contribution in [0.25, 0.3) is 10.8 Å². The number of aromatic amines is 1. The van der Waals surface area contributed by atoms with Crippen molar-refractivity contribution in [1.82, 2.24) is 10.2 Å². The fourth-order valence-electron chi connectivity index (χ4n) is 2.77. The van der Waals surface area contributed by atoms with Crippen molar-refractivity contribution >= 4 is 22.5 Å². The highest BCUT2D eigenvalue weighted by Crippen LogP contribution is 2.30. The Hall–Kier alpha value is -3.68. The van der Waals surface area contributed by atoms with E-state index in [4.69, 9.17) is 14.2 Å². The molecule has 0 aliphatic carbocycles. The summed E-state index contributed by atoms with van der Waals surface area (Å²) in [5.41, 5.74) is -0.124. The lowest BCUT2D eigenvalue weighted by Crippen LogP contribution is -2.19. The van der Waals surface area contributed by atoms with E-state index < -0.39 is 23.9 Å². The molecule has 8 nitrogen and oxygen atoms in total. The molecular formula is C19H14N2O6. The summed E-state index contributed by atoms with van der Waals surface area (Å²) in [7, 11) is 0. The molecule has 0 saturated carbocycles. The summed E-state index contributed by atoms with van der Waals surface area (Å²) in [5.74, 6) is -0.146. The normalized spacial score (nSPS) is 12.6. The number of nitrogens with zero attached hydrogens (tertiary/aromatic N) is 1. The fraction of sp³-hybridized carbons (Fsp3) is 0.158. The molecule has 0 saturated heterocycles. The summed E-state index contributed by atoms with van der Waals surface area (Å²) in [6.45, 7) is 0.399. The predicted molar refractivity (Wildman–Crippen MR) is 94.4 cm³/mol. The molecule has 4 rings (SSSR count). The van der Waals surface area contributed by atoms with Crippen LogP contribution in [0.3, 0.4) is 0 Å². The summed E-state index contributed by atoms with van der Waals surface area (Å²) in [6.07, 6.45) is 0. The maximum atomic E-state index is 12.3. The molecule has 0 atom stereocenters. The van der Waals surface area contributed by atoms with Crippen molar-refractivity contribution in [3.63, 3.8) is 0 Å². The van der Waals surface area contributed by atoms with E-state index in [-0.39, 0.29) is 5.69 Å². The van der Waals surface area contributed by atoms with E-state index in [9.17, 15) is 14.4 Å². The SMILES string of the molecule is O=C(COC(=O)c1n[nH]c(=O)c2ccccc12)c1ccc2c(c1)OCCO2. The van der Waals surface area contributed by atoms with Crippen molar-refractivity contribution in [2.45, 2.75) is 0 Å². The number of esters is 1. The van der Waals surface area contributed by atoms with E-state index in [1.165, 1.54) is 0 Å². The van der Waals surface area contributed by atoms with Crippen LogP contribution in [0.1, 0.15) is 20.8 Å². The summed E-state index contributed by atoms with van der Waals surface area (Å²) in [5, 5.41) is 6.69. The Morgan fingerprint density at radius 3 is 2.59 bits per heavy atom. The zero-order chi connectivity index (χ0) is 18.8. The lowest BCUT2D eigenvalue weighted by molar-refractivity contribution is 0.0469. The number of carbonyl (C=O) groups is 2. The largest absolute Gasteiger partial charge is 0.486 e. The van der Waals surface area contributed by atoms with Gasteiger partial charge in [0.15, 0.2) is 29.6 Å². The van der Waals surface area contributed by atoms with Crippen LogP contribution in [0.5, 0.6) is 11.5 Å². The number of hydrogen-bond acceptors (Lipinski definition) is 7. The zero-order valence-corrected chi connectivity index (χ0v) is 14.1. The van der Waals surface area contributed by atoms with Crippen LogP contribution in [0.15, 0.2) is 47.3 Å². The first-order chi connectivity index (χ1) is 13.1. The maximum absolute atomic E-state index is 12.3. The molecule has 2 heterocycles. The number of aromatic nitrogens is 2. The number of ketones is 1. The van der Waals surface area contributed by atoms with Gasteiger partial charge in [0.25, 0.3) is 5.56 Å². The molecule has 1 aromatic heterocycles. The van der Waals surface area contributed by atoms with Crippen LogP contribution >= 0.6 is 0 Å². The molecule has 1 aliphatic rings. The van der Waals surface area contributed by atoms with Crippen molar-refractivity contribution in [3.8, 4) is 11.5 Å². The molecule has 0 unspecified atom stereocenters. The number of nitrogens with one attached hydrogen (secondary N) is 1. The molecular weight excluding hydrogens is 352 g/mol. The van der Waals surface area contributed by atoms with E-state index in [1.807, 2.05) is 0 Å². The number of carbonyl (C=O) groups excluding carboxylic acids is 2. The van der Waals surface area contributed by atoms with Gasteiger partial charge in [0.2, 0.25) is 0 Å². The molecule has 0 amide bonds. The first-order valence-corrected chi connectivity index (χ1v) is 8.21. The van der Waals surface area contributed by atoms with Gasteiger partial charge in [0.05, 0.1) is 5.39 Å². The summed E-state index contributed by atoms with van der Waals surface area (Å²) < 4.78 is 15.9. The van der Waals surface area contributed by atoms with Gasteiger partial charge in [-0.05, 0) is 24.3 Å². The molecule has 0 radical (unpaired) electrons. The lowest BCUT2D eigenvalue weighted by Gasteiger charge is -2.18. The average Bonchev–Trinajstić information content (AvgIpc) is 2.72. The van der Waals surface area contributed by atoms with E-state index >= 15 is 0 Å². The highest BCUT2D eigenvalue weighted by molar-refractivity contribution is 6.04. The van der Waals surface area contributed by atoms with Gasteiger partial charge >= 0.3 is 5.97 Å². The standard InChI is InChI=1S/C19H14N2O6/c22-14(11-5-6-15-16(9-11)26-8-7-25-15)10-27-19(24)17-12-3-1-2-4-13(12)18(23)21-20-17/h1-6,9H,7-8,10H2,(H,21,23). The van der Waals surface area contributed by atoms with E-state index in [0.29, 0.717) is 41.0 Å². The van der Waals surface area contributed by atoms with Crippen LogP contribution in [-0.2, 0) is 4.74 Å². The van der Waals surface area contributed by atoms with Gasteiger partial charge in [-0.3, -0.25) is 9.59 Å². The first kappa shape index (κ1) is 16.8. The van der Waals surface area contributed by atoms with Crippen molar-refractivity contribution in [2.24, 2.45) is 0 Å². The van der Waals surface area contributed by atoms with Gasteiger partial charge in [0.1, 0.15) is 13.2 Å². The molecule has 3 aromatic rings. The Morgan fingerprint density at radius 1 is 1.04 bits per heavy atom. The maximum Gasteiger partial charge on any atom is 0.359 e.